The maximum absolute atomic E-state index is 12.1. The Hall–Kier alpha value is -2.99. The lowest BCUT2D eigenvalue weighted by Crippen LogP contribution is -2.41. The third-order valence-corrected chi connectivity index (χ3v) is 3.81. The van der Waals surface area contributed by atoms with Gasteiger partial charge in [-0.1, -0.05) is 0 Å². The van der Waals surface area contributed by atoms with Gasteiger partial charge in [-0.15, -0.1) is 0 Å². The summed E-state index contributed by atoms with van der Waals surface area (Å²) in [4.78, 5) is 34.2. The summed E-state index contributed by atoms with van der Waals surface area (Å²) in [7, 11) is 0. The van der Waals surface area contributed by atoms with Crippen molar-refractivity contribution in [3.63, 3.8) is 0 Å². The predicted molar refractivity (Wildman–Crippen MR) is 101 cm³/mol. The number of nitrogens with zero attached hydrogens (tertiary/aromatic N) is 1. The number of amides is 2. The molecule has 0 aliphatic rings. The monoisotopic (exact) mass is 376 g/mol. The van der Waals surface area contributed by atoms with Gasteiger partial charge in [-0.05, 0) is 42.7 Å². The number of carbonyl (C=O) groups excluding carboxylic acids is 2. The van der Waals surface area contributed by atoms with Gasteiger partial charge in [0.1, 0.15) is 17.7 Å². The van der Waals surface area contributed by atoms with Crippen molar-refractivity contribution in [2.24, 2.45) is 0 Å². The normalized spacial score (nSPS) is 11.8. The van der Waals surface area contributed by atoms with Gasteiger partial charge in [0.2, 0.25) is 5.91 Å². The van der Waals surface area contributed by atoms with Crippen molar-refractivity contribution in [2.75, 3.05) is 22.6 Å². The molecule has 1 atom stereocenters. The molecule has 0 aromatic heterocycles. The molecule has 4 N–H and O–H groups in total. The van der Waals surface area contributed by atoms with Gasteiger partial charge in [-0.25, -0.2) is 4.79 Å². The third-order valence-electron chi connectivity index (χ3n) is 3.17. The zero-order chi connectivity index (χ0) is 19.5. The van der Waals surface area contributed by atoms with Gasteiger partial charge in [-0.2, -0.15) is 17.0 Å². The molecule has 0 radical (unpaired) electrons. The first-order valence-electron chi connectivity index (χ1n) is 7.64. The first kappa shape index (κ1) is 21.1. The maximum Gasteiger partial charge on any atom is 0.326 e. The van der Waals surface area contributed by atoms with Crippen LogP contribution in [0.1, 0.15) is 13.3 Å². The number of carboxylic acid groups (broad SMARTS) is 1. The van der Waals surface area contributed by atoms with Gasteiger partial charge in [-0.3, -0.25) is 9.59 Å². The molecule has 0 fully saturated rings. The lowest BCUT2D eigenvalue weighted by atomic mass is 10.2. The number of carboxylic acids is 1. The van der Waals surface area contributed by atoms with E-state index in [1.165, 1.54) is 24.9 Å². The van der Waals surface area contributed by atoms with Crippen molar-refractivity contribution < 1.29 is 19.5 Å². The number of benzene rings is 1. The number of aliphatic carboxylic acids is 1. The number of thioether (sulfide) groups is 1. The largest absolute Gasteiger partial charge is 0.480 e. The van der Waals surface area contributed by atoms with Crippen LogP contribution in [-0.4, -0.2) is 40.9 Å². The van der Waals surface area contributed by atoms with E-state index >= 15 is 0 Å². The molecule has 1 unspecified atom stereocenters. The average molecular weight is 376 g/mol. The summed E-state index contributed by atoms with van der Waals surface area (Å²) in [5.74, 6) is -1.53. The van der Waals surface area contributed by atoms with Gasteiger partial charge in [0.15, 0.2) is 0 Å². The molecule has 8 nitrogen and oxygen atoms in total. The van der Waals surface area contributed by atoms with Crippen molar-refractivity contribution >= 4 is 40.9 Å². The zero-order valence-electron chi connectivity index (χ0n) is 14.4. The molecule has 0 saturated carbocycles. The second-order valence-electron chi connectivity index (χ2n) is 5.22. The van der Waals surface area contributed by atoms with Crippen LogP contribution in [-0.2, 0) is 14.4 Å². The van der Waals surface area contributed by atoms with E-state index in [1.54, 1.807) is 30.3 Å². The Kier molecular flexibility index (Phi) is 8.74. The fraction of sp³-hybridized carbons (Fsp3) is 0.294. The molecule has 9 heteroatoms. The van der Waals surface area contributed by atoms with Crippen LogP contribution in [0.3, 0.4) is 0 Å². The number of nitriles is 1. The number of anilines is 2. The number of hydrogen-bond donors (Lipinski definition) is 4. The van der Waals surface area contributed by atoms with Crippen LogP contribution in [0.25, 0.3) is 0 Å². The fourth-order valence-corrected chi connectivity index (χ4v) is 2.36. The van der Waals surface area contributed by atoms with Crippen molar-refractivity contribution in [3.8, 4) is 6.07 Å². The highest BCUT2D eigenvalue weighted by Gasteiger charge is 2.21. The van der Waals surface area contributed by atoms with E-state index in [9.17, 15) is 14.4 Å². The second-order valence-corrected chi connectivity index (χ2v) is 6.20. The molecule has 1 aromatic carbocycles. The Balaban J connectivity index is 2.74. The van der Waals surface area contributed by atoms with Crippen molar-refractivity contribution in [1.82, 2.24) is 5.32 Å². The Morgan fingerprint density at radius 1 is 1.27 bits per heavy atom. The van der Waals surface area contributed by atoms with Crippen LogP contribution in [0, 0.1) is 11.3 Å². The molecule has 0 aliphatic carbocycles. The van der Waals surface area contributed by atoms with Gasteiger partial charge in [0.25, 0.3) is 5.91 Å². The summed E-state index contributed by atoms with van der Waals surface area (Å²) in [5, 5.41) is 26.0. The minimum absolute atomic E-state index is 0.191. The van der Waals surface area contributed by atoms with E-state index in [4.69, 9.17) is 10.4 Å². The first-order chi connectivity index (χ1) is 12.4. The van der Waals surface area contributed by atoms with E-state index in [0.717, 1.165) is 0 Å². The van der Waals surface area contributed by atoms with Gasteiger partial charge < -0.3 is 21.1 Å². The smallest absolute Gasteiger partial charge is 0.326 e. The molecular formula is C17H20N4O4S. The van der Waals surface area contributed by atoms with Crippen LogP contribution < -0.4 is 16.0 Å². The molecule has 0 heterocycles. The highest BCUT2D eigenvalue weighted by Crippen LogP contribution is 2.14. The highest BCUT2D eigenvalue weighted by atomic mass is 32.2. The van der Waals surface area contributed by atoms with Crippen LogP contribution >= 0.6 is 11.8 Å². The quantitative estimate of drug-likeness (QED) is 0.382. The fourth-order valence-electron chi connectivity index (χ4n) is 1.89. The van der Waals surface area contributed by atoms with E-state index in [2.05, 4.69) is 16.0 Å². The number of rotatable bonds is 9. The third kappa shape index (κ3) is 7.27. The Labute approximate surface area is 155 Å². The van der Waals surface area contributed by atoms with Gasteiger partial charge >= 0.3 is 5.97 Å². The van der Waals surface area contributed by atoms with E-state index in [-0.39, 0.29) is 17.9 Å². The standard InChI is InChI=1S/C17H20N4O4S/c1-11(22)20-14-5-3-13(4-6-14)19-10-12(9-18)16(23)21-15(17(24)25)7-8-26-2/h3-6,10,15,19H,7-8H2,1-2H3,(H,20,22)(H,21,23)(H,24,25)/b12-10-. The molecule has 0 saturated heterocycles. The lowest BCUT2D eigenvalue weighted by Gasteiger charge is -2.13. The van der Waals surface area contributed by atoms with Crippen LogP contribution in [0.4, 0.5) is 11.4 Å². The molecular weight excluding hydrogens is 356 g/mol. The lowest BCUT2D eigenvalue weighted by molar-refractivity contribution is -0.141. The summed E-state index contributed by atoms with van der Waals surface area (Å²) in [6.45, 7) is 1.40. The molecule has 1 rings (SSSR count). The van der Waals surface area contributed by atoms with Crippen LogP contribution in [0.2, 0.25) is 0 Å². The molecule has 1 aromatic rings. The summed E-state index contributed by atoms with van der Waals surface area (Å²) in [5.41, 5.74) is 0.964. The van der Waals surface area contributed by atoms with Crippen molar-refractivity contribution in [1.29, 1.82) is 5.26 Å². The van der Waals surface area contributed by atoms with E-state index < -0.39 is 17.9 Å². The van der Waals surface area contributed by atoms with Crippen molar-refractivity contribution in [3.05, 3.63) is 36.0 Å². The van der Waals surface area contributed by atoms with Crippen LogP contribution in [0.5, 0.6) is 0 Å². The second kappa shape index (κ2) is 10.8. The van der Waals surface area contributed by atoms with E-state index in [0.29, 0.717) is 17.1 Å². The molecule has 0 aliphatic heterocycles. The number of hydrogen-bond acceptors (Lipinski definition) is 6. The first-order valence-corrected chi connectivity index (χ1v) is 9.03. The Morgan fingerprint density at radius 2 is 1.88 bits per heavy atom. The topological polar surface area (TPSA) is 131 Å². The SMILES string of the molecule is CSCCC(NC(=O)/C(C#N)=C\Nc1ccc(NC(C)=O)cc1)C(=O)O. The Bertz CT molecular complexity index is 725. The summed E-state index contributed by atoms with van der Waals surface area (Å²) >= 11 is 1.47. The van der Waals surface area contributed by atoms with Gasteiger partial charge in [0.05, 0.1) is 0 Å². The minimum atomic E-state index is -1.15. The zero-order valence-corrected chi connectivity index (χ0v) is 15.2. The van der Waals surface area contributed by atoms with Crippen LogP contribution in [0.15, 0.2) is 36.0 Å². The van der Waals surface area contributed by atoms with E-state index in [1.807, 2.05) is 6.26 Å². The predicted octanol–water partition coefficient (Wildman–Crippen LogP) is 1.79. The number of carbonyl (C=O) groups is 3. The highest BCUT2D eigenvalue weighted by molar-refractivity contribution is 7.98. The van der Waals surface area contributed by atoms with Gasteiger partial charge in [0, 0.05) is 24.5 Å². The number of nitrogens with one attached hydrogen (secondary N) is 3. The molecule has 26 heavy (non-hydrogen) atoms. The van der Waals surface area contributed by atoms with Crippen molar-refractivity contribution in [2.45, 2.75) is 19.4 Å². The average Bonchev–Trinajstić information content (AvgIpc) is 2.59. The summed E-state index contributed by atoms with van der Waals surface area (Å²) in [6, 6.07) is 7.33. The molecule has 0 spiro atoms. The molecule has 0 bridgehead atoms. The Morgan fingerprint density at radius 3 is 2.38 bits per heavy atom. The molecule has 2 amide bonds. The summed E-state index contributed by atoms with van der Waals surface area (Å²) < 4.78 is 0. The minimum Gasteiger partial charge on any atom is -0.480 e. The summed E-state index contributed by atoms with van der Waals surface area (Å²) in [6.07, 6.45) is 3.30. The maximum atomic E-state index is 12.1. The molecule has 138 valence electrons.